The molecule has 0 aliphatic rings. The summed E-state index contributed by atoms with van der Waals surface area (Å²) in [5.41, 5.74) is 2.47. The molecule has 0 saturated carbocycles. The molecule has 0 atom stereocenters. The number of halogens is 2. The molecule has 1 aromatic rings. The molecule has 0 aliphatic heterocycles. The average Bonchev–Trinajstić information content (AvgIpc) is 2.12. The predicted octanol–water partition coefficient (Wildman–Crippen LogP) is 3.78. The van der Waals surface area contributed by atoms with Gasteiger partial charge in [-0.2, -0.15) is 0 Å². The largest absolute Gasteiger partial charge is 0.489 e. The number of aryl methyl sites for hydroxylation is 1. The average molecular weight is 217 g/mol. The van der Waals surface area contributed by atoms with Gasteiger partial charge in [-0.3, -0.25) is 0 Å². The first-order valence-corrected chi connectivity index (χ1v) is 4.69. The van der Waals surface area contributed by atoms with Crippen molar-refractivity contribution in [3.8, 4) is 5.75 Å². The summed E-state index contributed by atoms with van der Waals surface area (Å²) in [4.78, 5) is 0. The Morgan fingerprint density at radius 3 is 2.85 bits per heavy atom. The molecule has 0 aliphatic carbocycles. The fraction of sp³-hybridized carbons (Fsp3) is 0.200. The van der Waals surface area contributed by atoms with E-state index in [9.17, 15) is 0 Å². The molecule has 1 rings (SSSR count). The normalized spacial score (nSPS) is 10.7. The van der Waals surface area contributed by atoms with Crippen LogP contribution >= 0.6 is 23.2 Å². The Bertz CT molecular complexity index is 308. The van der Waals surface area contributed by atoms with Crippen LogP contribution in [0.25, 0.3) is 0 Å². The molecule has 0 N–H and O–H groups in total. The second-order valence-electron chi connectivity index (χ2n) is 2.58. The monoisotopic (exact) mass is 216 g/mol. The van der Waals surface area contributed by atoms with Crippen molar-refractivity contribution < 1.29 is 4.74 Å². The highest BCUT2D eigenvalue weighted by molar-refractivity contribution is 6.31. The first-order valence-electron chi connectivity index (χ1n) is 3.88. The van der Waals surface area contributed by atoms with Gasteiger partial charge >= 0.3 is 0 Å². The van der Waals surface area contributed by atoms with Crippen molar-refractivity contribution in [3.05, 3.63) is 40.4 Å². The molecule has 3 heteroatoms. The maximum absolute atomic E-state index is 5.90. The van der Waals surface area contributed by atoms with E-state index in [-0.39, 0.29) is 0 Å². The zero-order chi connectivity index (χ0) is 9.68. The molecular formula is C10H10Cl2O. The Kier molecular flexibility index (Phi) is 4.13. The topological polar surface area (TPSA) is 9.23 Å². The zero-order valence-electron chi connectivity index (χ0n) is 7.26. The van der Waals surface area contributed by atoms with Crippen molar-refractivity contribution in [3.63, 3.8) is 0 Å². The zero-order valence-corrected chi connectivity index (χ0v) is 8.77. The third-order valence-electron chi connectivity index (χ3n) is 1.58. The number of benzene rings is 1. The van der Waals surface area contributed by atoms with Crippen LogP contribution in [0, 0.1) is 6.92 Å². The van der Waals surface area contributed by atoms with Gasteiger partial charge < -0.3 is 4.74 Å². The van der Waals surface area contributed by atoms with Crippen molar-refractivity contribution in [1.29, 1.82) is 0 Å². The summed E-state index contributed by atoms with van der Waals surface area (Å²) in [6.45, 7) is 2.41. The number of hydrogen-bond donors (Lipinski definition) is 0. The second kappa shape index (κ2) is 5.15. The molecule has 0 aromatic heterocycles. The molecule has 1 aromatic carbocycles. The Morgan fingerprint density at radius 2 is 2.23 bits per heavy atom. The van der Waals surface area contributed by atoms with Gasteiger partial charge in [-0.25, -0.2) is 0 Å². The highest BCUT2D eigenvalue weighted by Crippen LogP contribution is 2.21. The molecule has 0 amide bonds. The molecule has 0 bridgehead atoms. The summed E-state index contributed by atoms with van der Waals surface area (Å²) < 4.78 is 5.33. The number of rotatable bonds is 3. The van der Waals surface area contributed by atoms with Crippen molar-refractivity contribution in [1.82, 2.24) is 0 Å². The van der Waals surface area contributed by atoms with Crippen LogP contribution in [0.2, 0.25) is 5.02 Å². The molecular weight excluding hydrogens is 207 g/mol. The van der Waals surface area contributed by atoms with Crippen molar-refractivity contribution in [2.45, 2.75) is 6.92 Å². The van der Waals surface area contributed by atoms with Crippen LogP contribution in [-0.4, -0.2) is 6.61 Å². The Morgan fingerprint density at radius 1 is 1.46 bits per heavy atom. The maximum atomic E-state index is 5.90. The van der Waals surface area contributed by atoms with Gasteiger partial charge in [0.1, 0.15) is 12.4 Å². The van der Waals surface area contributed by atoms with Crippen molar-refractivity contribution in [2.24, 2.45) is 0 Å². The van der Waals surface area contributed by atoms with Crippen molar-refractivity contribution >= 4 is 23.2 Å². The summed E-state index contributed by atoms with van der Waals surface area (Å²) >= 11 is 11.2. The van der Waals surface area contributed by atoms with Gasteiger partial charge in [0.2, 0.25) is 0 Å². The molecule has 0 spiro atoms. The highest BCUT2D eigenvalue weighted by Gasteiger charge is 1.96. The van der Waals surface area contributed by atoms with E-state index >= 15 is 0 Å². The molecule has 0 radical (unpaired) electrons. The van der Waals surface area contributed by atoms with Crippen LogP contribution in [0.1, 0.15) is 5.56 Å². The van der Waals surface area contributed by atoms with Gasteiger partial charge in [0.25, 0.3) is 0 Å². The van der Waals surface area contributed by atoms with Gasteiger partial charge in [-0.1, -0.05) is 29.3 Å². The SMILES string of the molecule is Cc1ccc(OCC=CCl)cc1Cl. The smallest absolute Gasteiger partial charge is 0.121 e. The van der Waals surface area contributed by atoms with Gasteiger partial charge in [0.05, 0.1) is 0 Å². The highest BCUT2D eigenvalue weighted by atomic mass is 35.5. The number of ether oxygens (including phenoxy) is 1. The first-order chi connectivity index (χ1) is 6.24. The van der Waals surface area contributed by atoms with E-state index in [1.54, 1.807) is 12.1 Å². The minimum atomic E-state index is 0.461. The van der Waals surface area contributed by atoms with Crippen molar-refractivity contribution in [2.75, 3.05) is 6.61 Å². The minimum Gasteiger partial charge on any atom is -0.489 e. The summed E-state index contributed by atoms with van der Waals surface area (Å²) in [6.07, 6.45) is 1.72. The third-order valence-corrected chi connectivity index (χ3v) is 2.16. The molecule has 70 valence electrons. The van der Waals surface area contributed by atoms with E-state index in [4.69, 9.17) is 27.9 Å². The minimum absolute atomic E-state index is 0.461. The lowest BCUT2D eigenvalue weighted by molar-refractivity contribution is 0.363. The lowest BCUT2D eigenvalue weighted by atomic mass is 10.2. The van der Waals surface area contributed by atoms with Crippen LogP contribution in [0.15, 0.2) is 29.8 Å². The molecule has 0 unspecified atom stereocenters. The molecule has 13 heavy (non-hydrogen) atoms. The van der Waals surface area contributed by atoms with E-state index in [1.807, 2.05) is 19.1 Å². The Hall–Kier alpha value is -0.660. The van der Waals surface area contributed by atoms with E-state index in [1.165, 1.54) is 5.54 Å². The van der Waals surface area contributed by atoms with Gasteiger partial charge in [0.15, 0.2) is 0 Å². The van der Waals surface area contributed by atoms with E-state index < -0.39 is 0 Å². The third kappa shape index (κ3) is 3.29. The molecule has 0 fully saturated rings. The fourth-order valence-electron chi connectivity index (χ4n) is 0.844. The van der Waals surface area contributed by atoms with Crippen LogP contribution in [-0.2, 0) is 0 Å². The summed E-state index contributed by atoms with van der Waals surface area (Å²) in [7, 11) is 0. The summed E-state index contributed by atoms with van der Waals surface area (Å²) in [6, 6.07) is 5.59. The molecule has 0 heterocycles. The Labute approximate surface area is 87.9 Å². The maximum Gasteiger partial charge on any atom is 0.121 e. The van der Waals surface area contributed by atoms with Gasteiger partial charge in [0, 0.05) is 10.6 Å². The lowest BCUT2D eigenvalue weighted by Crippen LogP contribution is -1.92. The predicted molar refractivity (Wildman–Crippen MR) is 56.7 cm³/mol. The van der Waals surface area contributed by atoms with Crippen LogP contribution in [0.3, 0.4) is 0 Å². The molecule has 0 saturated heterocycles. The van der Waals surface area contributed by atoms with Gasteiger partial charge in [-0.15, -0.1) is 0 Å². The standard InChI is InChI=1S/C10H10Cl2O/c1-8-3-4-9(7-10(8)12)13-6-2-5-11/h2-5,7H,6H2,1H3. The van der Waals surface area contributed by atoms with Gasteiger partial charge in [-0.05, 0) is 30.7 Å². The van der Waals surface area contributed by atoms with E-state index in [0.29, 0.717) is 11.6 Å². The summed E-state index contributed by atoms with van der Waals surface area (Å²) in [5.74, 6) is 0.755. The molecule has 1 nitrogen and oxygen atoms in total. The van der Waals surface area contributed by atoms with Crippen LogP contribution in [0.5, 0.6) is 5.75 Å². The summed E-state index contributed by atoms with van der Waals surface area (Å²) in [5, 5.41) is 0.715. The van der Waals surface area contributed by atoms with E-state index in [0.717, 1.165) is 11.3 Å². The second-order valence-corrected chi connectivity index (χ2v) is 3.24. The lowest BCUT2D eigenvalue weighted by Gasteiger charge is -2.04. The van der Waals surface area contributed by atoms with Crippen LogP contribution in [0.4, 0.5) is 0 Å². The first kappa shape index (κ1) is 10.4. The van der Waals surface area contributed by atoms with Crippen LogP contribution < -0.4 is 4.74 Å². The number of hydrogen-bond acceptors (Lipinski definition) is 1. The van der Waals surface area contributed by atoms with E-state index in [2.05, 4.69) is 0 Å². The quantitative estimate of drug-likeness (QED) is 0.748. The Balaban J connectivity index is 2.63. The fourth-order valence-corrected chi connectivity index (χ4v) is 1.09.